The van der Waals surface area contributed by atoms with E-state index in [1.807, 2.05) is 0 Å². The summed E-state index contributed by atoms with van der Waals surface area (Å²) in [6.45, 7) is 6.13. The number of carbonyl (C=O) groups is 2. The minimum atomic E-state index is -0.833. The molecule has 0 unspecified atom stereocenters. The molecule has 8 nitrogen and oxygen atoms in total. The molecule has 8 heteroatoms. The lowest BCUT2D eigenvalue weighted by molar-refractivity contribution is -0.126. The van der Waals surface area contributed by atoms with Crippen molar-refractivity contribution < 1.29 is 14.1 Å². The molecule has 3 rings (SSSR count). The van der Waals surface area contributed by atoms with Crippen LogP contribution in [0.4, 0.5) is 4.79 Å². The Kier molecular flexibility index (Phi) is 4.34. The monoisotopic (exact) mass is 321 g/mol. The topological polar surface area (TPSA) is 100 Å². The molecule has 2 aliphatic rings. The van der Waals surface area contributed by atoms with E-state index in [1.54, 1.807) is 6.92 Å². The highest BCUT2D eigenvalue weighted by molar-refractivity contribution is 6.06. The minimum Gasteiger partial charge on any atom is -0.339 e. The van der Waals surface area contributed by atoms with Gasteiger partial charge >= 0.3 is 6.03 Å². The van der Waals surface area contributed by atoms with Gasteiger partial charge in [-0.1, -0.05) is 12.1 Å². The van der Waals surface area contributed by atoms with Crippen molar-refractivity contribution in [3.63, 3.8) is 0 Å². The van der Waals surface area contributed by atoms with E-state index < -0.39 is 11.6 Å². The van der Waals surface area contributed by atoms with Crippen LogP contribution in [-0.4, -0.2) is 45.6 Å². The number of hydrogen-bond donors (Lipinski definition) is 2. The first-order valence-electron chi connectivity index (χ1n) is 8.18. The lowest BCUT2D eigenvalue weighted by atomic mass is 9.80. The van der Waals surface area contributed by atoms with Crippen molar-refractivity contribution in [1.82, 2.24) is 25.7 Å². The number of aromatic nitrogens is 2. The molecule has 3 heterocycles. The largest absolute Gasteiger partial charge is 0.339 e. The smallest absolute Gasteiger partial charge is 0.322 e. The Labute approximate surface area is 135 Å². The molecule has 1 aromatic heterocycles. The van der Waals surface area contributed by atoms with Gasteiger partial charge in [-0.2, -0.15) is 4.98 Å². The van der Waals surface area contributed by atoms with Gasteiger partial charge in [0.2, 0.25) is 5.89 Å². The van der Waals surface area contributed by atoms with Crippen LogP contribution in [0.3, 0.4) is 0 Å². The van der Waals surface area contributed by atoms with Crippen molar-refractivity contribution in [3.05, 3.63) is 11.7 Å². The molecule has 1 aromatic rings. The van der Waals surface area contributed by atoms with Crippen molar-refractivity contribution in [2.45, 2.75) is 51.6 Å². The predicted molar refractivity (Wildman–Crippen MR) is 81.4 cm³/mol. The van der Waals surface area contributed by atoms with Crippen LogP contribution < -0.4 is 10.6 Å². The number of aryl methyl sites for hydroxylation is 1. The lowest BCUT2D eigenvalue weighted by Crippen LogP contribution is -2.55. The molecule has 23 heavy (non-hydrogen) atoms. The highest BCUT2D eigenvalue weighted by Crippen LogP contribution is 2.30. The molecular weight excluding hydrogens is 298 g/mol. The molecular formula is C15H23N5O3. The van der Waals surface area contributed by atoms with Gasteiger partial charge in [0.05, 0.1) is 6.54 Å². The van der Waals surface area contributed by atoms with Gasteiger partial charge in [-0.3, -0.25) is 15.0 Å². The zero-order valence-electron chi connectivity index (χ0n) is 13.6. The number of urea groups is 1. The van der Waals surface area contributed by atoms with Gasteiger partial charge < -0.3 is 9.84 Å². The van der Waals surface area contributed by atoms with E-state index in [1.165, 1.54) is 0 Å². The molecule has 2 fully saturated rings. The van der Waals surface area contributed by atoms with Crippen molar-refractivity contribution in [2.75, 3.05) is 13.1 Å². The van der Waals surface area contributed by atoms with Crippen LogP contribution in [0.1, 0.15) is 44.8 Å². The summed E-state index contributed by atoms with van der Waals surface area (Å²) in [5, 5.41) is 9.14. The Morgan fingerprint density at radius 1 is 1.43 bits per heavy atom. The van der Waals surface area contributed by atoms with Crippen LogP contribution in [0.15, 0.2) is 4.52 Å². The number of hydrogen-bond acceptors (Lipinski definition) is 6. The maximum atomic E-state index is 12.1. The first-order valence-corrected chi connectivity index (χ1v) is 8.18. The van der Waals surface area contributed by atoms with Gasteiger partial charge in [0.15, 0.2) is 5.82 Å². The van der Waals surface area contributed by atoms with E-state index in [2.05, 4.69) is 32.6 Å². The van der Waals surface area contributed by atoms with Gasteiger partial charge in [-0.25, -0.2) is 4.79 Å². The van der Waals surface area contributed by atoms with Crippen molar-refractivity contribution >= 4 is 11.9 Å². The van der Waals surface area contributed by atoms with Crippen LogP contribution in [0.5, 0.6) is 0 Å². The third kappa shape index (κ3) is 3.21. The zero-order chi connectivity index (χ0) is 16.4. The molecule has 2 N–H and O–H groups in total. The third-order valence-electron chi connectivity index (χ3n) is 4.73. The fourth-order valence-corrected chi connectivity index (χ4v) is 3.38. The fraction of sp³-hybridized carbons (Fsp3) is 0.733. The summed E-state index contributed by atoms with van der Waals surface area (Å²) in [6.07, 6.45) is 3.65. The molecule has 0 aliphatic carbocycles. The highest BCUT2D eigenvalue weighted by atomic mass is 16.5. The van der Waals surface area contributed by atoms with Crippen molar-refractivity contribution in [2.24, 2.45) is 5.92 Å². The van der Waals surface area contributed by atoms with Crippen molar-refractivity contribution in [1.29, 1.82) is 0 Å². The third-order valence-corrected chi connectivity index (χ3v) is 4.73. The van der Waals surface area contributed by atoms with E-state index in [0.29, 0.717) is 18.3 Å². The maximum absolute atomic E-state index is 12.1. The molecule has 0 spiro atoms. The first kappa shape index (κ1) is 15.9. The molecule has 2 saturated heterocycles. The molecule has 2 atom stereocenters. The molecule has 2 aliphatic heterocycles. The van der Waals surface area contributed by atoms with Gasteiger partial charge in [0.25, 0.3) is 5.91 Å². The Balaban J connectivity index is 1.64. The summed E-state index contributed by atoms with van der Waals surface area (Å²) in [4.78, 5) is 30.2. The molecule has 0 saturated carbocycles. The minimum absolute atomic E-state index is 0.0738. The molecule has 0 radical (unpaired) electrons. The second-order valence-corrected chi connectivity index (χ2v) is 6.54. The number of nitrogens with one attached hydrogen (secondary N) is 2. The summed E-state index contributed by atoms with van der Waals surface area (Å²) >= 11 is 0. The Hall–Kier alpha value is -1.96. The van der Waals surface area contributed by atoms with Crippen LogP contribution in [-0.2, 0) is 17.8 Å². The first-order chi connectivity index (χ1) is 11.0. The van der Waals surface area contributed by atoms with E-state index >= 15 is 0 Å². The molecule has 126 valence electrons. The summed E-state index contributed by atoms with van der Waals surface area (Å²) in [6, 6.07) is -0.406. The predicted octanol–water partition coefficient (Wildman–Crippen LogP) is 0.832. The average molecular weight is 321 g/mol. The van der Waals surface area contributed by atoms with Crippen LogP contribution >= 0.6 is 0 Å². The van der Waals surface area contributed by atoms with Crippen LogP contribution in [0.2, 0.25) is 0 Å². The Bertz CT molecular complexity index is 602. The van der Waals surface area contributed by atoms with Crippen LogP contribution in [0, 0.1) is 5.92 Å². The number of likely N-dealkylation sites (tertiary alicyclic amines) is 1. The van der Waals surface area contributed by atoms with Gasteiger partial charge in [0, 0.05) is 18.9 Å². The zero-order valence-corrected chi connectivity index (χ0v) is 13.6. The van der Waals surface area contributed by atoms with Gasteiger partial charge in [-0.05, 0) is 32.7 Å². The number of amides is 3. The average Bonchev–Trinajstić information content (AvgIpc) is 3.05. The number of carbonyl (C=O) groups excluding carboxylic acids is 2. The molecule has 0 bridgehead atoms. The van der Waals surface area contributed by atoms with E-state index in [-0.39, 0.29) is 11.8 Å². The van der Waals surface area contributed by atoms with Gasteiger partial charge in [-0.15, -0.1) is 0 Å². The fourth-order valence-electron chi connectivity index (χ4n) is 3.38. The summed E-state index contributed by atoms with van der Waals surface area (Å²) in [7, 11) is 0. The Morgan fingerprint density at radius 3 is 2.96 bits per heavy atom. The van der Waals surface area contributed by atoms with E-state index in [9.17, 15) is 9.59 Å². The number of rotatable bonds is 5. The number of imide groups is 1. The lowest BCUT2D eigenvalue weighted by Gasteiger charge is -2.39. The summed E-state index contributed by atoms with van der Waals surface area (Å²) < 4.78 is 5.22. The second-order valence-electron chi connectivity index (χ2n) is 6.54. The van der Waals surface area contributed by atoms with Crippen molar-refractivity contribution in [3.8, 4) is 0 Å². The Morgan fingerprint density at radius 2 is 2.26 bits per heavy atom. The molecule has 0 aromatic carbocycles. The standard InChI is InChI=1S/C15H23N5O3/c1-3-5-12-16-11(19-23-12)9-20-7-4-6-10(8-20)15(2)13(21)17-14(22)18-15/h10H,3-9H2,1-2H3,(H2,17,18,21,22)/t10-,15+/m1/s1. The van der Waals surface area contributed by atoms with Crippen LogP contribution in [0.25, 0.3) is 0 Å². The SMILES string of the molecule is CCCc1nc(CN2CCC[C@@H]([C@]3(C)NC(=O)NC3=O)C2)no1. The van der Waals surface area contributed by atoms with E-state index in [0.717, 1.165) is 38.8 Å². The quantitative estimate of drug-likeness (QED) is 0.779. The molecule has 3 amide bonds. The number of piperidine rings is 1. The summed E-state index contributed by atoms with van der Waals surface area (Å²) in [5.41, 5.74) is -0.833. The van der Waals surface area contributed by atoms with Gasteiger partial charge in [0.1, 0.15) is 5.54 Å². The summed E-state index contributed by atoms with van der Waals surface area (Å²) in [5.74, 6) is 1.19. The number of nitrogens with zero attached hydrogens (tertiary/aromatic N) is 3. The second kappa shape index (κ2) is 6.27. The van der Waals surface area contributed by atoms with E-state index in [4.69, 9.17) is 4.52 Å². The maximum Gasteiger partial charge on any atom is 0.322 e. The normalized spacial score (nSPS) is 28.7. The highest BCUT2D eigenvalue weighted by Gasteiger charge is 2.48.